The molecule has 1 aromatic carbocycles. The van der Waals surface area contributed by atoms with Gasteiger partial charge in [0.2, 0.25) is 11.8 Å². The van der Waals surface area contributed by atoms with Gasteiger partial charge in [0.15, 0.2) is 0 Å². The zero-order chi connectivity index (χ0) is 17.4. The van der Waals surface area contributed by atoms with Gasteiger partial charge in [0.05, 0.1) is 0 Å². The van der Waals surface area contributed by atoms with Crippen LogP contribution in [0.5, 0.6) is 0 Å². The van der Waals surface area contributed by atoms with Crippen LogP contribution in [0.3, 0.4) is 0 Å². The lowest BCUT2D eigenvalue weighted by molar-refractivity contribution is -0.138. The molecule has 24 heavy (non-hydrogen) atoms. The number of rotatable bonds is 7. The van der Waals surface area contributed by atoms with Gasteiger partial charge in [-0.3, -0.25) is 9.59 Å². The van der Waals surface area contributed by atoms with Crippen molar-refractivity contribution in [2.75, 3.05) is 6.54 Å². The largest absolute Gasteiger partial charge is 0.354 e. The summed E-state index contributed by atoms with van der Waals surface area (Å²) in [5.41, 5.74) is 2.47. The number of nitrogens with one attached hydrogen (secondary N) is 1. The summed E-state index contributed by atoms with van der Waals surface area (Å²) < 4.78 is 0. The Hall–Kier alpha value is -2.10. The van der Waals surface area contributed by atoms with Crippen LogP contribution in [-0.4, -0.2) is 29.3 Å². The maximum atomic E-state index is 12.4. The Morgan fingerprint density at radius 2 is 1.96 bits per heavy atom. The highest BCUT2D eigenvalue weighted by atomic mass is 16.2. The average molecular weight is 328 g/mol. The van der Waals surface area contributed by atoms with Crippen molar-refractivity contribution in [2.45, 2.75) is 58.5 Å². The fourth-order valence-corrected chi connectivity index (χ4v) is 3.07. The van der Waals surface area contributed by atoms with Crippen LogP contribution in [0, 0.1) is 0 Å². The first-order valence-corrected chi connectivity index (χ1v) is 8.84. The summed E-state index contributed by atoms with van der Waals surface area (Å²) in [7, 11) is 0. The van der Waals surface area contributed by atoms with Crippen molar-refractivity contribution in [1.29, 1.82) is 0 Å². The van der Waals surface area contributed by atoms with Gasteiger partial charge in [-0.05, 0) is 44.6 Å². The molecule has 0 aliphatic heterocycles. The van der Waals surface area contributed by atoms with Crippen molar-refractivity contribution < 1.29 is 9.59 Å². The molecule has 0 radical (unpaired) electrons. The first-order chi connectivity index (χ1) is 11.6. The highest BCUT2D eigenvalue weighted by molar-refractivity contribution is 5.86. The molecule has 0 saturated carbocycles. The Balaban J connectivity index is 1.86. The van der Waals surface area contributed by atoms with Gasteiger partial charge in [0, 0.05) is 20.0 Å². The van der Waals surface area contributed by atoms with Gasteiger partial charge in [0.25, 0.3) is 0 Å². The monoisotopic (exact) mass is 328 g/mol. The third-order valence-electron chi connectivity index (χ3n) is 4.58. The Morgan fingerprint density at radius 1 is 1.21 bits per heavy atom. The maximum Gasteiger partial charge on any atom is 0.242 e. The molecule has 0 fully saturated rings. The number of amides is 2. The van der Waals surface area contributed by atoms with E-state index >= 15 is 0 Å². The fraction of sp³-hybridized carbons (Fsp3) is 0.500. The van der Waals surface area contributed by atoms with Crippen molar-refractivity contribution in [3.8, 4) is 0 Å². The normalized spacial score (nSPS) is 15.3. The molecule has 1 unspecified atom stereocenters. The quantitative estimate of drug-likeness (QED) is 0.780. The lowest BCUT2D eigenvalue weighted by atomic mass is 9.97. The Kier molecular flexibility index (Phi) is 7.04. The maximum absolute atomic E-state index is 12.4. The molecular formula is C20H28N2O2. The van der Waals surface area contributed by atoms with Crippen LogP contribution >= 0.6 is 0 Å². The third-order valence-corrected chi connectivity index (χ3v) is 4.58. The van der Waals surface area contributed by atoms with Crippen LogP contribution < -0.4 is 5.32 Å². The zero-order valence-electron chi connectivity index (χ0n) is 14.8. The average Bonchev–Trinajstić information content (AvgIpc) is 2.60. The predicted molar refractivity (Wildman–Crippen MR) is 96.3 cm³/mol. The van der Waals surface area contributed by atoms with Gasteiger partial charge in [-0.2, -0.15) is 0 Å². The van der Waals surface area contributed by atoms with Gasteiger partial charge < -0.3 is 10.2 Å². The van der Waals surface area contributed by atoms with E-state index in [0.29, 0.717) is 13.1 Å². The second-order valence-corrected chi connectivity index (χ2v) is 6.46. The molecule has 0 heterocycles. The van der Waals surface area contributed by atoms with Crippen LogP contribution in [0.4, 0.5) is 0 Å². The SMILES string of the molecule is CC(=O)N(Cc1ccccc1)C(C)C(=O)NCCC1=CCCCC1. The minimum absolute atomic E-state index is 0.0856. The third kappa shape index (κ3) is 5.52. The number of carbonyl (C=O) groups excluding carboxylic acids is 2. The summed E-state index contributed by atoms with van der Waals surface area (Å²) in [6.45, 7) is 4.40. The molecule has 1 aliphatic rings. The van der Waals surface area contributed by atoms with E-state index in [1.807, 2.05) is 30.3 Å². The van der Waals surface area contributed by atoms with Gasteiger partial charge >= 0.3 is 0 Å². The number of nitrogens with zero attached hydrogens (tertiary/aromatic N) is 1. The van der Waals surface area contributed by atoms with Gasteiger partial charge in [-0.15, -0.1) is 0 Å². The zero-order valence-corrected chi connectivity index (χ0v) is 14.8. The molecule has 0 aromatic heterocycles. The number of allylic oxidation sites excluding steroid dienone is 1. The van der Waals surface area contributed by atoms with Crippen LogP contribution in [-0.2, 0) is 16.1 Å². The van der Waals surface area contributed by atoms with E-state index in [4.69, 9.17) is 0 Å². The van der Waals surface area contributed by atoms with E-state index in [1.54, 1.807) is 11.8 Å². The molecule has 1 aromatic rings. The molecule has 1 N–H and O–H groups in total. The molecule has 4 nitrogen and oxygen atoms in total. The topological polar surface area (TPSA) is 49.4 Å². The number of hydrogen-bond donors (Lipinski definition) is 1. The smallest absolute Gasteiger partial charge is 0.242 e. The first-order valence-electron chi connectivity index (χ1n) is 8.84. The van der Waals surface area contributed by atoms with Gasteiger partial charge in [0.1, 0.15) is 6.04 Å². The fourth-order valence-electron chi connectivity index (χ4n) is 3.07. The standard InChI is InChI=1S/C20H28N2O2/c1-16(20(24)21-14-13-18-9-5-3-6-10-18)22(17(2)23)15-19-11-7-4-8-12-19/h4,7-9,11-12,16H,3,5-6,10,13-15H2,1-2H3,(H,21,24). The molecule has 4 heteroatoms. The molecule has 2 rings (SSSR count). The second-order valence-electron chi connectivity index (χ2n) is 6.46. The van der Waals surface area contributed by atoms with E-state index in [-0.39, 0.29) is 11.8 Å². The van der Waals surface area contributed by atoms with Crippen LogP contribution in [0.15, 0.2) is 42.0 Å². The number of benzene rings is 1. The molecular weight excluding hydrogens is 300 g/mol. The lowest BCUT2D eigenvalue weighted by Crippen LogP contribution is -2.47. The Morgan fingerprint density at radius 3 is 2.58 bits per heavy atom. The molecule has 2 amide bonds. The number of hydrogen-bond acceptors (Lipinski definition) is 2. The van der Waals surface area contributed by atoms with Gasteiger partial charge in [-0.1, -0.05) is 42.0 Å². The van der Waals surface area contributed by atoms with E-state index in [0.717, 1.165) is 24.8 Å². The molecule has 0 spiro atoms. The molecule has 0 saturated heterocycles. The highest BCUT2D eigenvalue weighted by Crippen LogP contribution is 2.19. The minimum Gasteiger partial charge on any atom is -0.354 e. The van der Waals surface area contributed by atoms with Gasteiger partial charge in [-0.25, -0.2) is 0 Å². The summed E-state index contributed by atoms with van der Waals surface area (Å²) in [6, 6.07) is 9.29. The van der Waals surface area contributed by atoms with E-state index in [1.165, 1.54) is 25.3 Å². The van der Waals surface area contributed by atoms with Crippen molar-refractivity contribution in [2.24, 2.45) is 0 Å². The van der Waals surface area contributed by atoms with Crippen molar-refractivity contribution in [3.05, 3.63) is 47.5 Å². The summed E-state index contributed by atoms with van der Waals surface area (Å²) in [6.07, 6.45) is 8.06. The summed E-state index contributed by atoms with van der Waals surface area (Å²) in [5.74, 6) is -0.172. The Labute approximate surface area is 144 Å². The van der Waals surface area contributed by atoms with Crippen LogP contribution in [0.1, 0.15) is 51.5 Å². The predicted octanol–water partition coefficient (Wildman–Crippen LogP) is 3.43. The van der Waals surface area contributed by atoms with Crippen molar-refractivity contribution in [3.63, 3.8) is 0 Å². The highest BCUT2D eigenvalue weighted by Gasteiger charge is 2.23. The summed E-state index contributed by atoms with van der Waals surface area (Å²) in [5, 5.41) is 2.98. The second kappa shape index (κ2) is 9.26. The van der Waals surface area contributed by atoms with E-state index in [9.17, 15) is 9.59 Å². The lowest BCUT2D eigenvalue weighted by Gasteiger charge is -2.27. The first kappa shape index (κ1) is 18.2. The van der Waals surface area contributed by atoms with Crippen LogP contribution in [0.2, 0.25) is 0 Å². The van der Waals surface area contributed by atoms with Crippen LogP contribution in [0.25, 0.3) is 0 Å². The number of carbonyl (C=O) groups is 2. The van der Waals surface area contributed by atoms with E-state index < -0.39 is 6.04 Å². The summed E-state index contributed by atoms with van der Waals surface area (Å²) in [4.78, 5) is 26.0. The molecule has 1 atom stereocenters. The molecule has 130 valence electrons. The molecule has 0 bridgehead atoms. The summed E-state index contributed by atoms with van der Waals surface area (Å²) >= 11 is 0. The minimum atomic E-state index is -0.469. The molecule has 1 aliphatic carbocycles. The van der Waals surface area contributed by atoms with E-state index in [2.05, 4.69) is 11.4 Å². The van der Waals surface area contributed by atoms with Crippen molar-refractivity contribution in [1.82, 2.24) is 10.2 Å². The van der Waals surface area contributed by atoms with Crippen molar-refractivity contribution >= 4 is 11.8 Å². The Bertz CT molecular complexity index is 581.